The van der Waals surface area contributed by atoms with Gasteiger partial charge in [-0.2, -0.15) is 0 Å². The minimum absolute atomic E-state index is 0.254. The molecular formula is C14H16ClNO4. The van der Waals surface area contributed by atoms with Gasteiger partial charge in [0, 0.05) is 11.6 Å². The second-order valence-corrected chi connectivity index (χ2v) is 5.14. The first kappa shape index (κ1) is 14.8. The number of hydrogen-bond donors (Lipinski definition) is 2. The van der Waals surface area contributed by atoms with Gasteiger partial charge in [0.2, 0.25) is 5.91 Å². The van der Waals surface area contributed by atoms with E-state index in [2.05, 4.69) is 5.32 Å². The van der Waals surface area contributed by atoms with Crippen molar-refractivity contribution in [1.29, 1.82) is 0 Å². The van der Waals surface area contributed by atoms with Crippen LogP contribution in [0, 0.1) is 0 Å². The first-order valence-corrected chi connectivity index (χ1v) is 6.84. The molecule has 0 radical (unpaired) electrons. The fourth-order valence-electron chi connectivity index (χ4n) is 2.15. The minimum atomic E-state index is -1.01. The zero-order chi connectivity index (χ0) is 14.5. The number of hydrogen-bond acceptors (Lipinski definition) is 3. The third-order valence-corrected chi connectivity index (χ3v) is 3.42. The van der Waals surface area contributed by atoms with Crippen LogP contribution in [0.1, 0.15) is 18.4 Å². The van der Waals surface area contributed by atoms with Crippen LogP contribution < -0.4 is 5.32 Å². The number of halogens is 1. The number of amides is 1. The number of rotatable bonds is 5. The number of carboxylic acid groups (broad SMARTS) is 1. The van der Waals surface area contributed by atoms with Gasteiger partial charge in [-0.3, -0.25) is 4.79 Å². The molecule has 5 nitrogen and oxygen atoms in total. The van der Waals surface area contributed by atoms with Gasteiger partial charge in [-0.25, -0.2) is 4.79 Å². The lowest BCUT2D eigenvalue weighted by Crippen LogP contribution is -2.36. The Morgan fingerprint density at radius 2 is 2.10 bits per heavy atom. The maximum atomic E-state index is 11.8. The number of ether oxygens (including phenoxy) is 1. The van der Waals surface area contributed by atoms with Gasteiger partial charge in [-0.05, 0) is 37.0 Å². The highest BCUT2D eigenvalue weighted by Crippen LogP contribution is 2.19. The summed E-state index contributed by atoms with van der Waals surface area (Å²) in [5.41, 5.74) is 1.04. The standard InChI is InChI=1S/C14H16ClNO4/c15-10-3-1-2-9(8-10)6-7-16-13(17)11-4-5-12(20-11)14(18)19/h1-3,8,11-12H,4-7H2,(H,16,17)(H,18,19)/t11-,12+/m0/s1. The monoisotopic (exact) mass is 297 g/mol. The Bertz CT molecular complexity index is 506. The summed E-state index contributed by atoms with van der Waals surface area (Å²) in [5.74, 6) is -1.27. The molecule has 0 aromatic heterocycles. The third-order valence-electron chi connectivity index (χ3n) is 3.19. The molecule has 0 unspecified atom stereocenters. The van der Waals surface area contributed by atoms with E-state index in [-0.39, 0.29) is 5.91 Å². The molecule has 0 aliphatic carbocycles. The van der Waals surface area contributed by atoms with Crippen molar-refractivity contribution >= 4 is 23.5 Å². The number of carbonyl (C=O) groups is 2. The Balaban J connectivity index is 1.75. The predicted molar refractivity (Wildman–Crippen MR) is 73.7 cm³/mol. The van der Waals surface area contributed by atoms with E-state index in [1.165, 1.54) is 0 Å². The van der Waals surface area contributed by atoms with E-state index in [0.29, 0.717) is 30.8 Å². The van der Waals surface area contributed by atoms with E-state index in [9.17, 15) is 9.59 Å². The van der Waals surface area contributed by atoms with Crippen molar-refractivity contribution in [3.63, 3.8) is 0 Å². The van der Waals surface area contributed by atoms with E-state index in [1.807, 2.05) is 18.2 Å². The molecular weight excluding hydrogens is 282 g/mol. The van der Waals surface area contributed by atoms with Crippen molar-refractivity contribution in [2.45, 2.75) is 31.5 Å². The number of nitrogens with one attached hydrogen (secondary N) is 1. The van der Waals surface area contributed by atoms with Gasteiger partial charge < -0.3 is 15.2 Å². The lowest BCUT2D eigenvalue weighted by Gasteiger charge is -2.11. The number of carboxylic acids is 1. The molecule has 1 fully saturated rings. The van der Waals surface area contributed by atoms with Gasteiger partial charge in [-0.15, -0.1) is 0 Å². The van der Waals surface area contributed by atoms with Crippen LogP contribution in [0.5, 0.6) is 0 Å². The van der Waals surface area contributed by atoms with Crippen molar-refractivity contribution in [2.24, 2.45) is 0 Å². The maximum Gasteiger partial charge on any atom is 0.332 e. The summed E-state index contributed by atoms with van der Waals surface area (Å²) < 4.78 is 5.17. The highest BCUT2D eigenvalue weighted by Gasteiger charge is 2.34. The first-order valence-electron chi connectivity index (χ1n) is 6.46. The quantitative estimate of drug-likeness (QED) is 0.866. The van der Waals surface area contributed by atoms with Crippen molar-refractivity contribution in [3.05, 3.63) is 34.9 Å². The van der Waals surface area contributed by atoms with Gasteiger partial charge in [0.15, 0.2) is 6.10 Å². The molecule has 1 aromatic carbocycles. The molecule has 0 saturated carbocycles. The first-order chi connectivity index (χ1) is 9.56. The number of carbonyl (C=O) groups excluding carboxylic acids is 1. The van der Waals surface area contributed by atoms with Crippen LogP contribution in [0.2, 0.25) is 5.02 Å². The van der Waals surface area contributed by atoms with Crippen molar-refractivity contribution < 1.29 is 19.4 Å². The summed E-state index contributed by atoms with van der Waals surface area (Å²) in [6.07, 6.45) is -0.0302. The van der Waals surface area contributed by atoms with Crippen LogP contribution in [-0.4, -0.2) is 35.7 Å². The van der Waals surface area contributed by atoms with Crippen molar-refractivity contribution in [1.82, 2.24) is 5.32 Å². The second-order valence-electron chi connectivity index (χ2n) is 4.70. The molecule has 2 atom stereocenters. The van der Waals surface area contributed by atoms with Crippen LogP contribution in [-0.2, 0) is 20.7 Å². The summed E-state index contributed by atoms with van der Waals surface area (Å²) in [7, 11) is 0. The molecule has 1 heterocycles. The van der Waals surface area contributed by atoms with Gasteiger partial charge in [0.05, 0.1) is 0 Å². The summed E-state index contributed by atoms with van der Waals surface area (Å²) in [4.78, 5) is 22.5. The molecule has 2 N–H and O–H groups in total. The molecule has 0 bridgehead atoms. The van der Waals surface area contributed by atoms with Crippen LogP contribution in [0.4, 0.5) is 0 Å². The van der Waals surface area contributed by atoms with E-state index < -0.39 is 18.2 Å². The molecule has 6 heteroatoms. The number of benzene rings is 1. The van der Waals surface area contributed by atoms with Gasteiger partial charge in [0.25, 0.3) is 0 Å². The fourth-order valence-corrected chi connectivity index (χ4v) is 2.36. The highest BCUT2D eigenvalue weighted by atomic mass is 35.5. The molecule has 108 valence electrons. The van der Waals surface area contributed by atoms with Crippen LogP contribution in [0.15, 0.2) is 24.3 Å². The van der Waals surface area contributed by atoms with Crippen LogP contribution in [0.3, 0.4) is 0 Å². The highest BCUT2D eigenvalue weighted by molar-refractivity contribution is 6.30. The molecule has 20 heavy (non-hydrogen) atoms. The molecule has 1 aromatic rings. The number of aliphatic carboxylic acids is 1. The van der Waals surface area contributed by atoms with E-state index in [0.717, 1.165) is 5.56 Å². The summed E-state index contributed by atoms with van der Waals surface area (Å²) in [6.45, 7) is 0.469. The van der Waals surface area contributed by atoms with Gasteiger partial charge in [0.1, 0.15) is 6.10 Å². The maximum absolute atomic E-state index is 11.8. The van der Waals surface area contributed by atoms with E-state index >= 15 is 0 Å². The summed E-state index contributed by atoms with van der Waals surface area (Å²) >= 11 is 5.87. The second kappa shape index (κ2) is 6.72. The Kier molecular flexibility index (Phi) is 4.98. The fraction of sp³-hybridized carbons (Fsp3) is 0.429. The lowest BCUT2D eigenvalue weighted by atomic mass is 10.1. The topological polar surface area (TPSA) is 75.6 Å². The largest absolute Gasteiger partial charge is 0.479 e. The Morgan fingerprint density at radius 3 is 2.75 bits per heavy atom. The zero-order valence-electron chi connectivity index (χ0n) is 10.8. The molecule has 0 spiro atoms. The molecule has 1 aliphatic rings. The van der Waals surface area contributed by atoms with Gasteiger partial charge in [-0.1, -0.05) is 23.7 Å². The van der Waals surface area contributed by atoms with Crippen molar-refractivity contribution in [3.8, 4) is 0 Å². The molecule has 1 aliphatic heterocycles. The lowest BCUT2D eigenvalue weighted by molar-refractivity contribution is -0.151. The van der Waals surface area contributed by atoms with Crippen LogP contribution in [0.25, 0.3) is 0 Å². The minimum Gasteiger partial charge on any atom is -0.479 e. The van der Waals surface area contributed by atoms with E-state index in [4.69, 9.17) is 21.4 Å². The molecule has 1 saturated heterocycles. The third kappa shape index (κ3) is 3.95. The Morgan fingerprint density at radius 1 is 1.35 bits per heavy atom. The summed E-state index contributed by atoms with van der Waals surface area (Å²) in [6, 6.07) is 7.43. The van der Waals surface area contributed by atoms with Gasteiger partial charge >= 0.3 is 5.97 Å². The Hall–Kier alpha value is -1.59. The normalized spacial score (nSPS) is 21.6. The van der Waals surface area contributed by atoms with E-state index in [1.54, 1.807) is 6.07 Å². The van der Waals surface area contributed by atoms with Crippen LogP contribution >= 0.6 is 11.6 Å². The molecule has 1 amide bonds. The summed E-state index contributed by atoms with van der Waals surface area (Å²) in [5, 5.41) is 12.2. The predicted octanol–water partition coefficient (Wildman–Crippen LogP) is 1.63. The zero-order valence-corrected chi connectivity index (χ0v) is 11.6. The average Bonchev–Trinajstić information content (AvgIpc) is 2.88. The van der Waals surface area contributed by atoms with Crippen molar-refractivity contribution in [2.75, 3.05) is 6.54 Å². The molecule has 2 rings (SSSR count). The SMILES string of the molecule is O=C(NCCc1cccc(Cl)c1)[C@@H]1CC[C@H](C(=O)O)O1. The smallest absolute Gasteiger partial charge is 0.332 e. The Labute approximate surface area is 121 Å². The average molecular weight is 298 g/mol.